The van der Waals surface area contributed by atoms with Gasteiger partial charge in [0.15, 0.2) is 0 Å². The number of anilines is 1. The van der Waals surface area contributed by atoms with Crippen molar-refractivity contribution in [1.82, 2.24) is 0 Å². The van der Waals surface area contributed by atoms with Gasteiger partial charge in [-0.1, -0.05) is 33.3 Å². The zero-order chi connectivity index (χ0) is 18.4. The minimum Gasteiger partial charge on any atom is -0.494 e. The van der Waals surface area contributed by atoms with E-state index in [9.17, 15) is 14.7 Å². The number of benzene rings is 2. The molecule has 0 spiro atoms. The number of carboxylic acid groups (broad SMARTS) is 2. The maximum absolute atomic E-state index is 11.5. The fourth-order valence-corrected chi connectivity index (χ4v) is 2.37. The van der Waals surface area contributed by atoms with Gasteiger partial charge in [-0.3, -0.25) is 4.79 Å². The van der Waals surface area contributed by atoms with Gasteiger partial charge in [0, 0.05) is 4.47 Å². The Morgan fingerprint density at radius 2 is 1.92 bits per heavy atom. The second-order valence-electron chi connectivity index (χ2n) is 4.78. The zero-order valence-electron chi connectivity index (χ0n) is 13.1. The van der Waals surface area contributed by atoms with E-state index < -0.39 is 18.5 Å². The Balaban J connectivity index is 2.45. The van der Waals surface area contributed by atoms with Gasteiger partial charge in [0.1, 0.15) is 18.0 Å². The summed E-state index contributed by atoms with van der Waals surface area (Å²) in [6.45, 7) is -0.555. The van der Waals surface area contributed by atoms with Gasteiger partial charge >= 0.3 is 11.9 Å². The van der Waals surface area contributed by atoms with E-state index in [1.165, 1.54) is 19.2 Å². The van der Waals surface area contributed by atoms with Gasteiger partial charge in [-0.2, -0.15) is 0 Å². The van der Waals surface area contributed by atoms with Crippen molar-refractivity contribution in [3.05, 3.63) is 52.5 Å². The highest BCUT2D eigenvalue weighted by molar-refractivity contribution is 9.10. The highest BCUT2D eigenvalue weighted by atomic mass is 79.9. The SMILES string of the molecule is COc1ccccc1N=NN(CC(=O)O)c1ccc(Br)cc1C(=O)O. The lowest BCUT2D eigenvalue weighted by Crippen LogP contribution is -2.25. The van der Waals surface area contributed by atoms with E-state index in [4.69, 9.17) is 9.84 Å². The number of aliphatic carboxylic acids is 1. The van der Waals surface area contributed by atoms with Crippen LogP contribution in [0.15, 0.2) is 57.3 Å². The molecule has 9 heteroatoms. The third kappa shape index (κ3) is 4.77. The lowest BCUT2D eigenvalue weighted by molar-refractivity contribution is -0.135. The maximum Gasteiger partial charge on any atom is 0.337 e. The van der Waals surface area contributed by atoms with Crippen LogP contribution in [0.1, 0.15) is 10.4 Å². The molecule has 8 nitrogen and oxygen atoms in total. The van der Waals surface area contributed by atoms with Crippen LogP contribution in [0.3, 0.4) is 0 Å². The van der Waals surface area contributed by atoms with Gasteiger partial charge in [0.05, 0.1) is 18.4 Å². The summed E-state index contributed by atoms with van der Waals surface area (Å²) in [5, 5.41) is 27.4. The fraction of sp³-hybridized carbons (Fsp3) is 0.125. The number of methoxy groups -OCH3 is 1. The number of hydrogen-bond donors (Lipinski definition) is 2. The van der Waals surface area contributed by atoms with Gasteiger partial charge in [-0.05, 0) is 30.3 Å². The first-order valence-corrected chi connectivity index (χ1v) is 7.78. The van der Waals surface area contributed by atoms with Crippen LogP contribution >= 0.6 is 15.9 Å². The summed E-state index contributed by atoms with van der Waals surface area (Å²) in [5.41, 5.74) is 0.390. The van der Waals surface area contributed by atoms with Crippen molar-refractivity contribution in [3.63, 3.8) is 0 Å². The van der Waals surface area contributed by atoms with Crippen LogP contribution in [-0.4, -0.2) is 35.8 Å². The number of carboxylic acids is 2. The zero-order valence-corrected chi connectivity index (χ0v) is 14.7. The third-order valence-corrected chi connectivity index (χ3v) is 3.59. The molecule has 0 aromatic heterocycles. The second kappa shape index (κ2) is 8.25. The summed E-state index contributed by atoms with van der Waals surface area (Å²) in [7, 11) is 1.47. The molecule has 2 N–H and O–H groups in total. The van der Waals surface area contributed by atoms with Crippen LogP contribution in [0, 0.1) is 0 Å². The second-order valence-corrected chi connectivity index (χ2v) is 5.69. The minimum absolute atomic E-state index is 0.102. The molecule has 0 fully saturated rings. The van der Waals surface area contributed by atoms with Gasteiger partial charge in [-0.15, -0.1) is 5.11 Å². The predicted octanol–water partition coefficient (Wildman–Crippen LogP) is 3.75. The largest absolute Gasteiger partial charge is 0.494 e. The summed E-state index contributed by atoms with van der Waals surface area (Å²) in [4.78, 5) is 22.6. The molecular weight excluding hydrogens is 394 g/mol. The summed E-state index contributed by atoms with van der Waals surface area (Å²) in [6, 6.07) is 11.2. The first-order valence-electron chi connectivity index (χ1n) is 6.99. The van der Waals surface area contributed by atoms with Crippen LogP contribution in [0.5, 0.6) is 5.75 Å². The normalized spacial score (nSPS) is 10.6. The Labute approximate surface area is 151 Å². The Hall–Kier alpha value is -2.94. The molecule has 2 rings (SSSR count). The molecule has 25 heavy (non-hydrogen) atoms. The molecule has 0 aliphatic rings. The van der Waals surface area contributed by atoms with E-state index in [2.05, 4.69) is 26.3 Å². The summed E-state index contributed by atoms with van der Waals surface area (Å²) >= 11 is 3.19. The molecule has 0 aliphatic heterocycles. The van der Waals surface area contributed by atoms with Gasteiger partial charge < -0.3 is 14.9 Å². The number of carbonyl (C=O) groups is 2. The van der Waals surface area contributed by atoms with Crippen molar-refractivity contribution < 1.29 is 24.5 Å². The molecule has 0 aliphatic carbocycles. The van der Waals surface area contributed by atoms with Crippen LogP contribution in [0.25, 0.3) is 0 Å². The Morgan fingerprint density at radius 1 is 1.20 bits per heavy atom. The van der Waals surface area contributed by atoms with Crippen LogP contribution in [0.2, 0.25) is 0 Å². The first-order chi connectivity index (χ1) is 11.9. The molecule has 0 saturated carbocycles. The quantitative estimate of drug-likeness (QED) is 0.533. The lowest BCUT2D eigenvalue weighted by atomic mass is 10.1. The van der Waals surface area contributed by atoms with Crippen molar-refractivity contribution in [1.29, 1.82) is 0 Å². The minimum atomic E-state index is -1.21. The monoisotopic (exact) mass is 407 g/mol. The van der Waals surface area contributed by atoms with E-state index in [1.807, 2.05) is 0 Å². The van der Waals surface area contributed by atoms with E-state index in [0.29, 0.717) is 15.9 Å². The lowest BCUT2D eigenvalue weighted by Gasteiger charge is -2.18. The number of ether oxygens (including phenoxy) is 1. The topological polar surface area (TPSA) is 112 Å². The van der Waals surface area contributed by atoms with Crippen LogP contribution in [0.4, 0.5) is 11.4 Å². The maximum atomic E-state index is 11.5. The average Bonchev–Trinajstić information content (AvgIpc) is 2.58. The van der Waals surface area contributed by atoms with E-state index in [1.54, 1.807) is 30.3 Å². The molecule has 0 amide bonds. The molecule has 0 unspecified atom stereocenters. The molecule has 130 valence electrons. The fourth-order valence-electron chi connectivity index (χ4n) is 2.01. The third-order valence-electron chi connectivity index (χ3n) is 3.10. The summed E-state index contributed by atoms with van der Waals surface area (Å²) in [6.07, 6.45) is 0. The van der Waals surface area contributed by atoms with Gasteiger partial charge in [0.25, 0.3) is 0 Å². The van der Waals surface area contributed by atoms with Crippen LogP contribution in [-0.2, 0) is 4.79 Å². The molecule has 0 bridgehead atoms. The average molecular weight is 408 g/mol. The van der Waals surface area contributed by atoms with Gasteiger partial charge in [-0.25, -0.2) is 9.80 Å². The molecule has 0 atom stereocenters. The predicted molar refractivity (Wildman–Crippen MR) is 93.6 cm³/mol. The highest BCUT2D eigenvalue weighted by Gasteiger charge is 2.19. The van der Waals surface area contributed by atoms with Crippen molar-refractivity contribution in [2.24, 2.45) is 10.3 Å². The Morgan fingerprint density at radius 3 is 2.56 bits per heavy atom. The molecular formula is C16H14BrN3O5. The molecule has 2 aromatic rings. The van der Waals surface area contributed by atoms with Crippen molar-refractivity contribution in [2.75, 3.05) is 18.7 Å². The number of aromatic carboxylic acids is 1. The van der Waals surface area contributed by atoms with Crippen molar-refractivity contribution in [3.8, 4) is 5.75 Å². The van der Waals surface area contributed by atoms with E-state index in [-0.39, 0.29) is 11.3 Å². The standard InChI is InChI=1S/C16H14BrN3O5/c1-25-14-5-3-2-4-12(14)18-19-20(9-15(21)22)13-7-6-10(17)8-11(13)16(23)24/h2-8H,9H2,1H3,(H,21,22)(H,23,24). The van der Waals surface area contributed by atoms with E-state index in [0.717, 1.165) is 5.01 Å². The molecule has 0 heterocycles. The number of hydrogen-bond acceptors (Lipinski definition) is 5. The highest BCUT2D eigenvalue weighted by Crippen LogP contribution is 2.29. The number of halogens is 1. The van der Waals surface area contributed by atoms with Crippen molar-refractivity contribution in [2.45, 2.75) is 0 Å². The van der Waals surface area contributed by atoms with Gasteiger partial charge in [0.2, 0.25) is 0 Å². The Kier molecular flexibility index (Phi) is 6.07. The van der Waals surface area contributed by atoms with E-state index >= 15 is 0 Å². The molecule has 2 aromatic carbocycles. The Bertz CT molecular complexity index is 825. The number of rotatable bonds is 7. The van der Waals surface area contributed by atoms with Crippen molar-refractivity contribution >= 4 is 39.2 Å². The number of para-hydroxylation sites is 1. The first kappa shape index (κ1) is 18.4. The molecule has 0 saturated heterocycles. The summed E-state index contributed by atoms with van der Waals surface area (Å²) < 4.78 is 5.70. The summed E-state index contributed by atoms with van der Waals surface area (Å²) in [5.74, 6) is -1.94. The number of nitrogens with zero attached hydrogens (tertiary/aromatic N) is 3. The van der Waals surface area contributed by atoms with Crippen LogP contribution < -0.4 is 9.75 Å². The molecule has 0 radical (unpaired) electrons. The smallest absolute Gasteiger partial charge is 0.337 e.